The number of nitrogens with zero attached hydrogens (tertiary/aromatic N) is 1. The molecule has 2 N–H and O–H groups in total. The van der Waals surface area contributed by atoms with E-state index in [9.17, 15) is 13.5 Å². The lowest BCUT2D eigenvalue weighted by molar-refractivity contribution is 0.129. The van der Waals surface area contributed by atoms with Gasteiger partial charge in [-0.1, -0.05) is 0 Å². The van der Waals surface area contributed by atoms with Gasteiger partial charge in [0.25, 0.3) is 0 Å². The second kappa shape index (κ2) is 6.91. The van der Waals surface area contributed by atoms with Crippen LogP contribution in [0.15, 0.2) is 17.2 Å². The number of hydrogen-bond donors (Lipinski definition) is 2. The maximum atomic E-state index is 12.2. The lowest BCUT2D eigenvalue weighted by Gasteiger charge is -2.10. The first-order chi connectivity index (χ1) is 9.94. The lowest BCUT2D eigenvalue weighted by atomic mass is 10.3. The standard InChI is InChI=1S/C14H24N2O4S/c1-11(2)16-8-14(7-13(16)9-17)21(18,19)15-5-6-20-10-12-3-4-12/h7-8,11-12,15,17H,3-6,9-10H2,1-2H3. The maximum Gasteiger partial charge on any atom is 0.242 e. The number of aromatic nitrogens is 1. The molecule has 1 heterocycles. The zero-order valence-corrected chi connectivity index (χ0v) is 13.4. The van der Waals surface area contributed by atoms with Crippen LogP contribution >= 0.6 is 0 Å². The van der Waals surface area contributed by atoms with Gasteiger partial charge in [0, 0.05) is 31.1 Å². The van der Waals surface area contributed by atoms with Crippen molar-refractivity contribution in [3.8, 4) is 0 Å². The van der Waals surface area contributed by atoms with Crippen molar-refractivity contribution in [2.24, 2.45) is 5.92 Å². The topological polar surface area (TPSA) is 80.6 Å². The molecule has 1 aliphatic carbocycles. The zero-order valence-electron chi connectivity index (χ0n) is 12.6. The minimum atomic E-state index is -3.55. The molecule has 0 spiro atoms. The van der Waals surface area contributed by atoms with Crippen molar-refractivity contribution in [1.29, 1.82) is 0 Å². The Hall–Kier alpha value is -0.890. The summed E-state index contributed by atoms with van der Waals surface area (Å²) in [6.45, 7) is 5.06. The van der Waals surface area contributed by atoms with Crippen LogP contribution in [0.1, 0.15) is 38.4 Å². The summed E-state index contributed by atoms with van der Waals surface area (Å²) in [5.74, 6) is 0.675. The molecule has 6 nitrogen and oxygen atoms in total. The van der Waals surface area contributed by atoms with Gasteiger partial charge in [0.15, 0.2) is 0 Å². The van der Waals surface area contributed by atoms with Crippen LogP contribution in [0.2, 0.25) is 0 Å². The minimum Gasteiger partial charge on any atom is -0.390 e. The minimum absolute atomic E-state index is 0.0953. The summed E-state index contributed by atoms with van der Waals surface area (Å²) in [6.07, 6.45) is 4.00. The number of hydrogen-bond acceptors (Lipinski definition) is 4. The lowest BCUT2D eigenvalue weighted by Crippen LogP contribution is -2.27. The van der Waals surface area contributed by atoms with Crippen LogP contribution in [-0.2, 0) is 21.4 Å². The Labute approximate surface area is 126 Å². The van der Waals surface area contributed by atoms with Crippen LogP contribution < -0.4 is 4.72 Å². The Bertz CT molecular complexity index is 562. The second-order valence-corrected chi connectivity index (χ2v) is 7.51. The highest BCUT2D eigenvalue weighted by Crippen LogP contribution is 2.28. The Balaban J connectivity index is 1.91. The fraction of sp³-hybridized carbons (Fsp3) is 0.714. The molecule has 0 bridgehead atoms. The number of ether oxygens (including phenoxy) is 1. The molecule has 1 aromatic rings. The van der Waals surface area contributed by atoms with Crippen molar-refractivity contribution >= 4 is 10.0 Å². The summed E-state index contributed by atoms with van der Waals surface area (Å²) in [5, 5.41) is 9.29. The summed E-state index contributed by atoms with van der Waals surface area (Å²) in [5.41, 5.74) is 0.593. The fourth-order valence-electron chi connectivity index (χ4n) is 2.12. The average molecular weight is 316 g/mol. The summed E-state index contributed by atoms with van der Waals surface area (Å²) in [6, 6.07) is 1.60. The third-order valence-corrected chi connectivity index (χ3v) is 4.95. The van der Waals surface area contributed by atoms with Crippen molar-refractivity contribution < 1.29 is 18.3 Å². The van der Waals surface area contributed by atoms with Gasteiger partial charge in [-0.05, 0) is 38.7 Å². The monoisotopic (exact) mass is 316 g/mol. The quantitative estimate of drug-likeness (QED) is 0.672. The number of aliphatic hydroxyl groups excluding tert-OH is 1. The van der Waals surface area contributed by atoms with E-state index in [-0.39, 0.29) is 24.1 Å². The second-order valence-electron chi connectivity index (χ2n) is 5.74. The van der Waals surface area contributed by atoms with Gasteiger partial charge < -0.3 is 14.4 Å². The molecular weight excluding hydrogens is 292 g/mol. The number of sulfonamides is 1. The van der Waals surface area contributed by atoms with E-state index in [4.69, 9.17) is 4.74 Å². The van der Waals surface area contributed by atoms with Gasteiger partial charge in [0.1, 0.15) is 0 Å². The van der Waals surface area contributed by atoms with Crippen LogP contribution in [0.5, 0.6) is 0 Å². The van der Waals surface area contributed by atoms with Crippen molar-refractivity contribution in [2.75, 3.05) is 19.8 Å². The molecule has 1 saturated carbocycles. The average Bonchev–Trinajstić information content (AvgIpc) is 3.13. The number of aliphatic hydroxyl groups is 1. The summed E-state index contributed by atoms with van der Waals surface area (Å²) < 4.78 is 34.1. The van der Waals surface area contributed by atoms with Crippen molar-refractivity contribution in [2.45, 2.75) is 44.2 Å². The van der Waals surface area contributed by atoms with Gasteiger partial charge in [-0.25, -0.2) is 13.1 Å². The first kappa shape index (κ1) is 16.5. The Kier molecular flexibility index (Phi) is 5.43. The van der Waals surface area contributed by atoms with E-state index in [0.29, 0.717) is 18.2 Å². The number of nitrogens with one attached hydrogen (secondary N) is 1. The largest absolute Gasteiger partial charge is 0.390 e. The highest BCUT2D eigenvalue weighted by atomic mass is 32.2. The predicted molar refractivity (Wildman–Crippen MR) is 79.5 cm³/mol. The molecule has 1 aliphatic rings. The van der Waals surface area contributed by atoms with E-state index in [0.717, 1.165) is 6.61 Å². The highest BCUT2D eigenvalue weighted by molar-refractivity contribution is 7.89. The van der Waals surface area contributed by atoms with Crippen molar-refractivity contribution in [1.82, 2.24) is 9.29 Å². The molecule has 0 radical (unpaired) electrons. The van der Waals surface area contributed by atoms with Gasteiger partial charge in [0.05, 0.1) is 18.1 Å². The zero-order chi connectivity index (χ0) is 15.5. The van der Waals surface area contributed by atoms with Crippen LogP contribution in [0.3, 0.4) is 0 Å². The van der Waals surface area contributed by atoms with Crippen molar-refractivity contribution in [3.63, 3.8) is 0 Å². The summed E-state index contributed by atoms with van der Waals surface area (Å²) >= 11 is 0. The van der Waals surface area contributed by atoms with E-state index >= 15 is 0 Å². The van der Waals surface area contributed by atoms with E-state index in [1.165, 1.54) is 18.9 Å². The van der Waals surface area contributed by atoms with Crippen molar-refractivity contribution in [3.05, 3.63) is 18.0 Å². The molecular formula is C14H24N2O4S. The van der Waals surface area contributed by atoms with E-state index < -0.39 is 10.0 Å². The van der Waals surface area contributed by atoms with Crippen LogP contribution in [0.4, 0.5) is 0 Å². The van der Waals surface area contributed by atoms with Gasteiger partial charge in [-0.3, -0.25) is 0 Å². The molecule has 0 saturated heterocycles. The van der Waals surface area contributed by atoms with Crippen LogP contribution in [-0.4, -0.2) is 37.8 Å². The molecule has 2 rings (SSSR count). The van der Waals surface area contributed by atoms with Gasteiger partial charge in [-0.15, -0.1) is 0 Å². The third-order valence-electron chi connectivity index (χ3n) is 3.52. The normalized spacial score (nSPS) is 15.8. The molecule has 1 fully saturated rings. The smallest absolute Gasteiger partial charge is 0.242 e. The molecule has 7 heteroatoms. The summed E-state index contributed by atoms with van der Waals surface area (Å²) in [4.78, 5) is 0.183. The SMILES string of the molecule is CC(C)n1cc(S(=O)(=O)NCCOCC2CC2)cc1CO. The molecule has 21 heavy (non-hydrogen) atoms. The van der Waals surface area contributed by atoms with Crippen LogP contribution in [0.25, 0.3) is 0 Å². The highest BCUT2D eigenvalue weighted by Gasteiger charge is 2.21. The number of rotatable bonds is 9. The summed E-state index contributed by atoms with van der Waals surface area (Å²) in [7, 11) is -3.55. The molecule has 0 atom stereocenters. The maximum absolute atomic E-state index is 12.2. The third kappa shape index (κ3) is 4.54. The molecule has 1 aromatic heterocycles. The van der Waals surface area contributed by atoms with Gasteiger partial charge in [0.2, 0.25) is 10.0 Å². The molecule has 0 aromatic carbocycles. The van der Waals surface area contributed by atoms with E-state index in [1.807, 2.05) is 13.8 Å². The van der Waals surface area contributed by atoms with Gasteiger partial charge in [-0.2, -0.15) is 0 Å². The molecule has 0 unspecified atom stereocenters. The Morgan fingerprint density at radius 2 is 2.19 bits per heavy atom. The van der Waals surface area contributed by atoms with E-state index in [2.05, 4.69) is 4.72 Å². The predicted octanol–water partition coefficient (Wildman–Crippen LogP) is 1.27. The Morgan fingerprint density at radius 1 is 1.48 bits per heavy atom. The molecule has 0 amide bonds. The molecule has 120 valence electrons. The van der Waals surface area contributed by atoms with E-state index in [1.54, 1.807) is 10.8 Å². The fourth-order valence-corrected chi connectivity index (χ4v) is 3.18. The Morgan fingerprint density at radius 3 is 2.71 bits per heavy atom. The van der Waals surface area contributed by atoms with Gasteiger partial charge >= 0.3 is 0 Å². The van der Waals surface area contributed by atoms with Crippen LogP contribution in [0, 0.1) is 5.92 Å². The first-order valence-electron chi connectivity index (χ1n) is 7.33. The first-order valence-corrected chi connectivity index (χ1v) is 8.81. The molecule has 0 aliphatic heterocycles.